The third kappa shape index (κ3) is 3.36. The van der Waals surface area contributed by atoms with Crippen LogP contribution in [0.5, 0.6) is 0 Å². The molecule has 41 valence electrons. The van der Waals surface area contributed by atoms with E-state index in [0.717, 1.165) is 10.8 Å². The van der Waals surface area contributed by atoms with Crippen molar-refractivity contribution in [3.8, 4) is 0 Å². The second-order valence-corrected chi connectivity index (χ2v) is 1.58. The molecule has 5 heteroatoms. The molecule has 1 N–H and O–H groups in total. The summed E-state index contributed by atoms with van der Waals surface area (Å²) in [4.78, 5) is 3.88. The van der Waals surface area contributed by atoms with E-state index in [2.05, 4.69) is 10.3 Å². The molecule has 0 saturated heterocycles. The molecule has 1 rings (SSSR count). The summed E-state index contributed by atoms with van der Waals surface area (Å²) in [7, 11) is 0. The van der Waals surface area contributed by atoms with Crippen LogP contribution in [0.4, 0.5) is 0 Å². The van der Waals surface area contributed by atoms with Crippen LogP contribution >= 0.6 is 24.8 Å². The minimum atomic E-state index is 0. The van der Waals surface area contributed by atoms with Crippen molar-refractivity contribution in [1.29, 1.82) is 0 Å². The van der Waals surface area contributed by atoms with Gasteiger partial charge in [-0.1, -0.05) is 0 Å². The average molecular weight is 176 g/mol. The Balaban J connectivity index is 0. The van der Waals surface area contributed by atoms with Crippen LogP contribution in [0, 0.1) is 0 Å². The van der Waals surface area contributed by atoms with E-state index in [-0.39, 0.29) is 24.8 Å². The maximum atomic E-state index is 3.88. The first-order chi connectivity index (χ1) is 2.39. The van der Waals surface area contributed by atoms with Gasteiger partial charge in [-0.05, 0) is 0 Å². The Labute approximate surface area is 66.4 Å². The minimum absolute atomic E-state index is 0. The molecular formula is C2H5Cl2N2Ti. The first kappa shape index (κ1) is 10.7. The summed E-state index contributed by atoms with van der Waals surface area (Å²) in [6, 6.07) is 0. The van der Waals surface area contributed by atoms with E-state index >= 15 is 0 Å². The molecule has 2 nitrogen and oxygen atoms in total. The van der Waals surface area contributed by atoms with Crippen LogP contribution in [0.2, 0.25) is 0 Å². The van der Waals surface area contributed by atoms with E-state index in [9.17, 15) is 0 Å². The van der Waals surface area contributed by atoms with Gasteiger partial charge in [-0.2, -0.15) is 0 Å². The van der Waals surface area contributed by atoms with Crippen molar-refractivity contribution in [3.05, 3.63) is 0 Å². The Morgan fingerprint density at radius 3 is 1.86 bits per heavy atom. The zero-order valence-electron chi connectivity index (χ0n) is 3.47. The van der Waals surface area contributed by atoms with Crippen LogP contribution < -0.4 is 5.32 Å². The molecule has 0 fully saturated rings. The standard InChI is InChI=1S/C2H3N2.2ClH.Ti/c1-3-2-4-1;;;/h1H2,(H,3,4);2*1H;. The fourth-order valence-electron chi connectivity index (χ4n) is 0.158. The summed E-state index contributed by atoms with van der Waals surface area (Å²) in [5.74, 6) is 0. The molecule has 0 aromatic heterocycles. The SMILES string of the molecule is Cl.Cl.[Ti][C]1=NCN1. The van der Waals surface area contributed by atoms with E-state index in [4.69, 9.17) is 0 Å². The van der Waals surface area contributed by atoms with E-state index in [1.807, 2.05) is 20.4 Å². The topological polar surface area (TPSA) is 24.4 Å². The zero-order valence-corrected chi connectivity index (χ0v) is 6.67. The molecule has 7 heavy (non-hydrogen) atoms. The number of nitrogens with zero attached hydrogens (tertiary/aromatic N) is 1. The van der Waals surface area contributed by atoms with Crippen LogP contribution in [-0.2, 0) is 20.4 Å². The number of amidine groups is 1. The third-order valence-corrected chi connectivity index (χ3v) is 1.01. The van der Waals surface area contributed by atoms with Crippen LogP contribution in [-0.4, -0.2) is 10.8 Å². The van der Waals surface area contributed by atoms with Crippen molar-refractivity contribution < 1.29 is 20.4 Å². The van der Waals surface area contributed by atoms with Crippen LogP contribution in [0.15, 0.2) is 4.99 Å². The molecule has 1 aliphatic heterocycles. The third-order valence-electron chi connectivity index (χ3n) is 0.484. The van der Waals surface area contributed by atoms with E-state index in [0.29, 0.717) is 0 Å². The van der Waals surface area contributed by atoms with E-state index in [1.165, 1.54) is 0 Å². The summed E-state index contributed by atoms with van der Waals surface area (Å²) in [5, 5.41) is 2.96. The van der Waals surface area contributed by atoms with Gasteiger partial charge >= 0.3 is 41.6 Å². The van der Waals surface area contributed by atoms with Crippen LogP contribution in [0.25, 0.3) is 0 Å². The van der Waals surface area contributed by atoms with Gasteiger partial charge in [0.2, 0.25) is 0 Å². The molecule has 0 saturated carbocycles. The molecule has 0 bridgehead atoms. The molecule has 0 amide bonds. The molecule has 0 atom stereocenters. The summed E-state index contributed by atoms with van der Waals surface area (Å²) in [6.07, 6.45) is 0. The second kappa shape index (κ2) is 4.91. The Morgan fingerprint density at radius 1 is 1.57 bits per heavy atom. The number of rotatable bonds is 0. The Morgan fingerprint density at radius 2 is 1.86 bits per heavy atom. The van der Waals surface area contributed by atoms with Crippen LogP contribution in [0.3, 0.4) is 0 Å². The van der Waals surface area contributed by atoms with Crippen molar-refractivity contribution in [2.45, 2.75) is 0 Å². The molecule has 1 heterocycles. The first-order valence-electron chi connectivity index (χ1n) is 1.39. The quantitative estimate of drug-likeness (QED) is 0.527. The number of hydrogen-bond donors (Lipinski definition) is 1. The molecule has 0 aromatic carbocycles. The first-order valence-corrected chi connectivity index (χ1v) is 2.17. The molecular weight excluding hydrogens is 171 g/mol. The van der Waals surface area contributed by atoms with Gasteiger partial charge in [0.25, 0.3) is 0 Å². The predicted molar refractivity (Wildman–Crippen MR) is 29.9 cm³/mol. The molecule has 0 unspecified atom stereocenters. The fraction of sp³-hybridized carbons (Fsp3) is 0.500. The predicted octanol–water partition coefficient (Wildman–Crippen LogP) is 0.294. The average Bonchev–Trinajstić information content (AvgIpc) is 1.30. The van der Waals surface area contributed by atoms with Crippen molar-refractivity contribution in [2.75, 3.05) is 6.67 Å². The maximum absolute atomic E-state index is 3.88. The molecule has 0 aliphatic carbocycles. The van der Waals surface area contributed by atoms with E-state index in [1.54, 1.807) is 0 Å². The second-order valence-electron chi connectivity index (χ2n) is 0.842. The number of aliphatic imine (C=N–C) groups is 1. The number of halogens is 2. The Kier molecular flexibility index (Phi) is 7.50. The molecule has 0 radical (unpaired) electrons. The van der Waals surface area contributed by atoms with E-state index < -0.39 is 0 Å². The molecule has 0 spiro atoms. The van der Waals surface area contributed by atoms with Gasteiger partial charge in [-0.15, -0.1) is 24.8 Å². The number of nitrogens with one attached hydrogen (secondary N) is 1. The van der Waals surface area contributed by atoms with Gasteiger partial charge in [0.1, 0.15) is 0 Å². The van der Waals surface area contributed by atoms with Gasteiger partial charge in [0.05, 0.1) is 0 Å². The summed E-state index contributed by atoms with van der Waals surface area (Å²) in [6.45, 7) is 0.825. The van der Waals surface area contributed by atoms with Gasteiger partial charge in [0, 0.05) is 0 Å². The summed E-state index contributed by atoms with van der Waals surface area (Å²) in [5.41, 5.74) is 0. The zero-order chi connectivity index (χ0) is 3.70. The Bertz CT molecular complexity index is 74.1. The van der Waals surface area contributed by atoms with Gasteiger partial charge in [-0.25, -0.2) is 0 Å². The summed E-state index contributed by atoms with van der Waals surface area (Å²) >= 11 is 1.95. The van der Waals surface area contributed by atoms with Gasteiger partial charge < -0.3 is 0 Å². The monoisotopic (exact) mass is 175 g/mol. The molecule has 1 aliphatic rings. The van der Waals surface area contributed by atoms with Gasteiger partial charge in [-0.3, -0.25) is 0 Å². The fourth-order valence-corrected chi connectivity index (χ4v) is 0.405. The van der Waals surface area contributed by atoms with Crippen molar-refractivity contribution >= 4 is 29.0 Å². The Hall–Kier alpha value is 0.764. The van der Waals surface area contributed by atoms with Gasteiger partial charge in [0.15, 0.2) is 0 Å². The summed E-state index contributed by atoms with van der Waals surface area (Å²) < 4.78 is 1.06. The molecule has 0 aromatic rings. The normalized spacial score (nSPS) is 13.3. The number of hydrogen-bond acceptors (Lipinski definition) is 2. The van der Waals surface area contributed by atoms with Crippen molar-refractivity contribution in [3.63, 3.8) is 0 Å². The van der Waals surface area contributed by atoms with Crippen LogP contribution in [0.1, 0.15) is 0 Å². The van der Waals surface area contributed by atoms with Crippen molar-refractivity contribution in [1.82, 2.24) is 5.32 Å². The van der Waals surface area contributed by atoms with Crippen molar-refractivity contribution in [2.24, 2.45) is 4.99 Å².